The first-order chi connectivity index (χ1) is 16.1. The van der Waals surface area contributed by atoms with E-state index in [-0.39, 0.29) is 14.3 Å². The van der Waals surface area contributed by atoms with Crippen LogP contribution in [0.1, 0.15) is 32.2 Å². The fourth-order valence-electron chi connectivity index (χ4n) is 3.20. The molecule has 2 saturated heterocycles. The summed E-state index contributed by atoms with van der Waals surface area (Å²) in [6.07, 6.45) is 2.52. The smallest absolute Gasteiger partial charge is 0.347 e. The van der Waals surface area contributed by atoms with E-state index in [1.165, 1.54) is 5.56 Å². The molecule has 33 heavy (non-hydrogen) atoms. The molecule has 0 aliphatic carbocycles. The van der Waals surface area contributed by atoms with Crippen LogP contribution in [0.15, 0.2) is 60.7 Å². The van der Waals surface area contributed by atoms with Crippen molar-refractivity contribution in [3.05, 3.63) is 76.8 Å². The minimum absolute atomic E-state index is 0.121. The lowest BCUT2D eigenvalue weighted by atomic mass is 10.1. The van der Waals surface area contributed by atoms with Gasteiger partial charge >= 0.3 is 11.9 Å². The van der Waals surface area contributed by atoms with E-state index in [2.05, 4.69) is 0 Å². The van der Waals surface area contributed by atoms with Gasteiger partial charge in [-0.1, -0.05) is 12.1 Å². The van der Waals surface area contributed by atoms with Crippen LogP contribution in [0.5, 0.6) is 17.2 Å². The molecule has 0 saturated carbocycles. The molecule has 2 aliphatic heterocycles. The van der Waals surface area contributed by atoms with E-state index in [1.54, 1.807) is 48.5 Å². The van der Waals surface area contributed by atoms with E-state index in [0.29, 0.717) is 40.5 Å². The van der Waals surface area contributed by atoms with Gasteiger partial charge in [-0.2, -0.15) is 0 Å². The predicted octanol–water partition coefficient (Wildman–Crippen LogP) is 4.27. The van der Waals surface area contributed by atoms with E-state index in [4.69, 9.17) is 23.7 Å². The number of ether oxygens (including phenoxy) is 5. The number of esters is 2. The lowest BCUT2D eigenvalue weighted by Gasteiger charge is -2.06. The molecule has 0 spiro atoms. The minimum Gasteiger partial charge on any atom is -0.491 e. The zero-order chi connectivity index (χ0) is 22.6. The van der Waals surface area contributed by atoms with Crippen LogP contribution in [0.3, 0.4) is 0 Å². The van der Waals surface area contributed by atoms with Gasteiger partial charge in [0.25, 0.3) is 0 Å². The molecule has 170 valence electrons. The van der Waals surface area contributed by atoms with Gasteiger partial charge in [0, 0.05) is 0 Å². The van der Waals surface area contributed by atoms with Crippen molar-refractivity contribution in [2.75, 3.05) is 19.8 Å². The van der Waals surface area contributed by atoms with Crippen LogP contribution in [0.4, 0.5) is 0 Å². The van der Waals surface area contributed by atoms with Crippen LogP contribution in [-0.2, 0) is 15.9 Å². The van der Waals surface area contributed by atoms with Gasteiger partial charge in [-0.3, -0.25) is 0 Å². The molecule has 0 bridgehead atoms. The van der Waals surface area contributed by atoms with Crippen molar-refractivity contribution >= 4 is 20.1 Å². The van der Waals surface area contributed by atoms with Gasteiger partial charge in [-0.05, 0) is 66.9 Å². The summed E-state index contributed by atoms with van der Waals surface area (Å²) in [6.45, 7) is 2.10. The highest BCUT2D eigenvalue weighted by Gasteiger charge is 2.23. The molecule has 5 rings (SSSR count). The molecular formula is C25H23O7P. The third-order valence-electron chi connectivity index (χ3n) is 5.29. The van der Waals surface area contributed by atoms with Crippen LogP contribution < -0.4 is 14.2 Å². The molecule has 0 radical (unpaired) electrons. The van der Waals surface area contributed by atoms with Crippen LogP contribution in [0, 0.1) is 0 Å². The lowest BCUT2D eigenvalue weighted by Crippen LogP contribution is -2.07. The van der Waals surface area contributed by atoms with Gasteiger partial charge in [-0.25, -0.2) is 9.59 Å². The Morgan fingerprint density at radius 2 is 1.27 bits per heavy atom. The first-order valence-electron chi connectivity index (χ1n) is 10.8. The second-order valence-electron chi connectivity index (χ2n) is 7.94. The normalized spacial score (nSPS) is 18.7. The number of hydrogen-bond acceptors (Lipinski definition) is 7. The second kappa shape index (κ2) is 9.79. The molecular weight excluding hydrogens is 443 g/mol. The summed E-state index contributed by atoms with van der Waals surface area (Å²) >= 11 is 0. The van der Waals surface area contributed by atoms with E-state index in [0.717, 1.165) is 26.1 Å². The van der Waals surface area contributed by atoms with Crippen molar-refractivity contribution in [2.24, 2.45) is 0 Å². The molecule has 3 aromatic rings. The summed E-state index contributed by atoms with van der Waals surface area (Å²) in [6, 6.07) is 17.5. The molecule has 7 nitrogen and oxygen atoms in total. The Hall–Kier alpha value is -3.12. The number of hydrogen-bond donors (Lipinski definition) is 0. The first-order valence-corrected chi connectivity index (χ1v) is 11.8. The lowest BCUT2D eigenvalue weighted by molar-refractivity contribution is 0.0732. The molecule has 0 amide bonds. The Morgan fingerprint density at radius 3 is 1.82 bits per heavy atom. The molecule has 2 fully saturated rings. The molecule has 1 aromatic heterocycles. The average Bonchev–Trinajstić information content (AvgIpc) is 3.77. The minimum atomic E-state index is -0.489. The largest absolute Gasteiger partial charge is 0.491 e. The third-order valence-corrected chi connectivity index (χ3v) is 6.57. The SMILES string of the molecule is O=C(Oc1ccc(CCC2CO2)cc1)c1ccc(C(=O)Oc2ccc(OCC3CO3)cc2)[pH]1. The molecule has 2 aromatic carbocycles. The first kappa shape index (κ1) is 21.7. The number of aryl methyl sites for hydroxylation is 1. The van der Waals surface area contributed by atoms with Gasteiger partial charge in [0.15, 0.2) is 0 Å². The molecule has 3 heterocycles. The third kappa shape index (κ3) is 6.23. The van der Waals surface area contributed by atoms with Crippen molar-refractivity contribution in [3.8, 4) is 17.2 Å². The quantitative estimate of drug-likeness (QED) is 0.251. The Morgan fingerprint density at radius 1 is 0.758 bits per heavy atom. The molecule has 3 atom stereocenters. The average molecular weight is 466 g/mol. The Bertz CT molecular complexity index is 1020. The van der Waals surface area contributed by atoms with Gasteiger partial charge in [0.05, 0.1) is 29.9 Å². The summed E-state index contributed by atoms with van der Waals surface area (Å²) in [5.41, 5.74) is 1.18. The van der Waals surface area contributed by atoms with Crippen molar-refractivity contribution in [1.29, 1.82) is 0 Å². The van der Waals surface area contributed by atoms with Gasteiger partial charge in [0.2, 0.25) is 0 Å². The summed E-state index contributed by atoms with van der Waals surface area (Å²) in [4.78, 5) is 25.0. The predicted molar refractivity (Wildman–Crippen MR) is 122 cm³/mol. The van der Waals surface area contributed by atoms with Crippen LogP contribution >= 0.6 is 8.19 Å². The Labute approximate surface area is 192 Å². The van der Waals surface area contributed by atoms with E-state index >= 15 is 0 Å². The fraction of sp³-hybridized carbons (Fsp3) is 0.280. The molecule has 8 heteroatoms. The van der Waals surface area contributed by atoms with Crippen molar-refractivity contribution in [1.82, 2.24) is 0 Å². The highest BCUT2D eigenvalue weighted by atomic mass is 31.0. The molecule has 3 unspecified atom stereocenters. The van der Waals surface area contributed by atoms with Crippen molar-refractivity contribution in [2.45, 2.75) is 25.0 Å². The molecule has 2 aliphatic rings. The number of carbonyl (C=O) groups is 2. The highest BCUT2D eigenvalue weighted by Crippen LogP contribution is 2.27. The Kier molecular flexibility index (Phi) is 6.44. The zero-order valence-electron chi connectivity index (χ0n) is 17.8. The number of carbonyl (C=O) groups excluding carboxylic acids is 2. The summed E-state index contributed by atoms with van der Waals surface area (Å²) < 4.78 is 26.8. The van der Waals surface area contributed by atoms with E-state index in [9.17, 15) is 9.59 Å². The topological polar surface area (TPSA) is 86.9 Å². The summed E-state index contributed by atoms with van der Waals surface area (Å²) in [5.74, 6) is 0.613. The standard InChI is InChI=1S/C25H23O7P/c26-24(31-18-4-1-16(2-5-18)3-6-20-13-29-20)22-11-12-23(33-22)25(27)32-19-9-7-17(8-10-19)28-14-21-15-30-21/h1-2,4-5,7-12,20-21,33H,3,6,13-15H2. The van der Waals surface area contributed by atoms with Crippen LogP contribution in [-0.4, -0.2) is 44.0 Å². The fourth-order valence-corrected chi connectivity index (χ4v) is 4.13. The highest BCUT2D eigenvalue weighted by molar-refractivity contribution is 7.34. The number of benzene rings is 2. The maximum absolute atomic E-state index is 12.5. The number of epoxide rings is 2. The Balaban J connectivity index is 1.12. The maximum Gasteiger partial charge on any atom is 0.347 e. The van der Waals surface area contributed by atoms with Gasteiger partial charge < -0.3 is 23.7 Å². The van der Waals surface area contributed by atoms with Crippen LogP contribution in [0.2, 0.25) is 0 Å². The van der Waals surface area contributed by atoms with E-state index in [1.807, 2.05) is 12.1 Å². The number of rotatable bonds is 10. The molecule has 0 N–H and O–H groups in total. The van der Waals surface area contributed by atoms with E-state index < -0.39 is 11.9 Å². The summed E-state index contributed by atoms with van der Waals surface area (Å²) in [5, 5.41) is 0.855. The van der Waals surface area contributed by atoms with Crippen molar-refractivity contribution in [3.63, 3.8) is 0 Å². The van der Waals surface area contributed by atoms with Crippen LogP contribution in [0.25, 0.3) is 0 Å². The van der Waals surface area contributed by atoms with Gasteiger partial charge in [-0.15, -0.1) is 8.19 Å². The zero-order valence-corrected chi connectivity index (χ0v) is 18.8. The maximum atomic E-state index is 12.5. The second-order valence-corrected chi connectivity index (χ2v) is 9.27. The monoisotopic (exact) mass is 466 g/mol. The van der Waals surface area contributed by atoms with Gasteiger partial charge in [0.1, 0.15) is 30.0 Å². The van der Waals surface area contributed by atoms with Crippen molar-refractivity contribution < 1.29 is 33.3 Å². The summed E-state index contributed by atoms with van der Waals surface area (Å²) in [7, 11) is -0.121.